The third kappa shape index (κ3) is 2.70. The maximum atomic E-state index is 9.98. The number of hydrogen-bond donors (Lipinski definition) is 1. The van der Waals surface area contributed by atoms with Gasteiger partial charge in [0.2, 0.25) is 0 Å². The number of hydrogen-bond acceptors (Lipinski definition) is 5. The van der Waals surface area contributed by atoms with Gasteiger partial charge in [-0.05, 0) is 25.4 Å². The van der Waals surface area contributed by atoms with Gasteiger partial charge in [0, 0.05) is 18.5 Å². The predicted molar refractivity (Wildman–Crippen MR) is 56.7 cm³/mol. The fraction of sp³-hybridized carbons (Fsp3) is 0.556. The predicted octanol–water partition coefficient (Wildman–Crippen LogP) is 1.60. The van der Waals surface area contributed by atoms with Crippen LogP contribution in [0.25, 0.3) is 0 Å². The molecular formula is C9H14N2O2S. The van der Waals surface area contributed by atoms with Gasteiger partial charge in [0.15, 0.2) is 0 Å². The zero-order valence-corrected chi connectivity index (χ0v) is 9.19. The first-order valence-electron chi connectivity index (χ1n) is 4.53. The Hall–Kier alpha value is -1.10. The molecular weight excluding hydrogens is 200 g/mol. The molecule has 0 unspecified atom stereocenters. The van der Waals surface area contributed by atoms with E-state index in [-0.39, 0.29) is 0 Å². The molecule has 14 heavy (non-hydrogen) atoms. The van der Waals surface area contributed by atoms with E-state index in [0.717, 1.165) is 29.2 Å². The lowest BCUT2D eigenvalue weighted by Gasteiger charge is -2.04. The highest BCUT2D eigenvalue weighted by atomic mass is 32.1. The summed E-state index contributed by atoms with van der Waals surface area (Å²) in [6.07, 6.45) is 0.726. The average Bonchev–Trinajstić information content (AvgIpc) is 2.50. The Bertz CT molecular complexity index is 299. The molecule has 0 amide bonds. The van der Waals surface area contributed by atoms with E-state index >= 15 is 0 Å². The molecule has 0 atom stereocenters. The molecule has 0 saturated carbocycles. The molecule has 0 spiro atoms. The summed E-state index contributed by atoms with van der Waals surface area (Å²) in [5.74, 6) is 0. The van der Waals surface area contributed by atoms with Gasteiger partial charge in [-0.1, -0.05) is 0 Å². The van der Waals surface area contributed by atoms with Crippen molar-refractivity contribution in [3.05, 3.63) is 11.3 Å². The van der Waals surface area contributed by atoms with Crippen molar-refractivity contribution >= 4 is 23.0 Å². The molecule has 0 aliphatic rings. The number of nitrogens with zero attached hydrogens (tertiary/aromatic N) is 1. The molecule has 0 aromatic carbocycles. The summed E-state index contributed by atoms with van der Waals surface area (Å²) in [5, 5.41) is 4.32. The summed E-state index contributed by atoms with van der Waals surface area (Å²) in [7, 11) is 0. The summed E-state index contributed by atoms with van der Waals surface area (Å²) in [4.78, 5) is 9.98. The van der Waals surface area contributed by atoms with Crippen LogP contribution in [0, 0.1) is 6.92 Å². The number of carbonyl (C=O) groups is 1. The molecule has 0 aliphatic carbocycles. The molecule has 0 radical (unpaired) electrons. The van der Waals surface area contributed by atoms with Gasteiger partial charge in [-0.3, -0.25) is 4.79 Å². The highest BCUT2D eigenvalue weighted by molar-refractivity contribution is 7.10. The van der Waals surface area contributed by atoms with E-state index in [0.29, 0.717) is 13.1 Å². The highest BCUT2D eigenvalue weighted by Crippen LogP contribution is 2.24. The fourth-order valence-electron chi connectivity index (χ4n) is 1.19. The normalized spacial score (nSPS) is 9.86. The van der Waals surface area contributed by atoms with Crippen LogP contribution < -0.4 is 5.32 Å². The van der Waals surface area contributed by atoms with Crippen LogP contribution in [0.15, 0.2) is 0 Å². The Balaban J connectivity index is 2.62. The van der Waals surface area contributed by atoms with E-state index in [1.807, 2.05) is 13.8 Å². The van der Waals surface area contributed by atoms with Gasteiger partial charge < -0.3 is 10.1 Å². The summed E-state index contributed by atoms with van der Waals surface area (Å²) in [5.41, 5.74) is 2.17. The van der Waals surface area contributed by atoms with Gasteiger partial charge in [0.1, 0.15) is 5.00 Å². The molecule has 0 bridgehead atoms. The lowest BCUT2D eigenvalue weighted by molar-refractivity contribution is -0.128. The van der Waals surface area contributed by atoms with Crippen molar-refractivity contribution in [3.63, 3.8) is 0 Å². The number of nitrogens with one attached hydrogen (secondary N) is 1. The zero-order chi connectivity index (χ0) is 10.4. The maximum absolute atomic E-state index is 9.98. The first-order chi connectivity index (χ1) is 6.79. The van der Waals surface area contributed by atoms with Crippen LogP contribution in [0.4, 0.5) is 5.00 Å². The van der Waals surface area contributed by atoms with Gasteiger partial charge in [0.05, 0.1) is 12.3 Å². The molecule has 1 N–H and O–H groups in total. The van der Waals surface area contributed by atoms with E-state index in [1.54, 1.807) is 0 Å². The summed E-state index contributed by atoms with van der Waals surface area (Å²) >= 11 is 1.45. The van der Waals surface area contributed by atoms with Crippen molar-refractivity contribution in [2.24, 2.45) is 0 Å². The summed E-state index contributed by atoms with van der Waals surface area (Å²) < 4.78 is 8.91. The number of rotatable bonds is 6. The van der Waals surface area contributed by atoms with Crippen LogP contribution in [0.1, 0.15) is 18.2 Å². The number of carbonyl (C=O) groups excluding carboxylic acids is 1. The maximum Gasteiger partial charge on any atom is 0.293 e. The Morgan fingerprint density at radius 1 is 1.64 bits per heavy atom. The van der Waals surface area contributed by atoms with E-state index in [2.05, 4.69) is 14.4 Å². The molecule has 0 saturated heterocycles. The second-order valence-electron chi connectivity index (χ2n) is 2.82. The number of ether oxygens (including phenoxy) is 1. The standard InChI is InChI=1S/C9H14N2O2S/c1-3-10-9-8(4-5-13-6-12)7(2)11-14-9/h6,10H,3-5H2,1-2H3. The second-order valence-corrected chi connectivity index (χ2v) is 3.60. The third-order valence-corrected chi connectivity index (χ3v) is 2.80. The van der Waals surface area contributed by atoms with Gasteiger partial charge >= 0.3 is 0 Å². The van der Waals surface area contributed by atoms with E-state index < -0.39 is 0 Å². The van der Waals surface area contributed by atoms with Crippen LogP contribution in [-0.4, -0.2) is 24.0 Å². The summed E-state index contributed by atoms with van der Waals surface area (Å²) in [6.45, 7) is 5.78. The van der Waals surface area contributed by atoms with Gasteiger partial charge in [-0.25, -0.2) is 0 Å². The van der Waals surface area contributed by atoms with Crippen LogP contribution in [0.3, 0.4) is 0 Å². The molecule has 4 nitrogen and oxygen atoms in total. The molecule has 1 aromatic heterocycles. The number of anilines is 1. The van der Waals surface area contributed by atoms with Crippen LogP contribution >= 0.6 is 11.5 Å². The minimum absolute atomic E-state index is 0.418. The van der Waals surface area contributed by atoms with Crippen molar-refractivity contribution in [1.82, 2.24) is 4.37 Å². The zero-order valence-electron chi connectivity index (χ0n) is 8.37. The molecule has 1 heterocycles. The Morgan fingerprint density at radius 2 is 2.43 bits per heavy atom. The van der Waals surface area contributed by atoms with Crippen molar-refractivity contribution in [2.45, 2.75) is 20.3 Å². The Kier molecular flexibility index (Phi) is 4.39. The fourth-order valence-corrected chi connectivity index (χ4v) is 2.10. The molecule has 78 valence electrons. The lowest BCUT2D eigenvalue weighted by atomic mass is 10.2. The van der Waals surface area contributed by atoms with E-state index in [1.165, 1.54) is 11.5 Å². The lowest BCUT2D eigenvalue weighted by Crippen LogP contribution is -2.02. The van der Waals surface area contributed by atoms with Gasteiger partial charge in [-0.15, -0.1) is 0 Å². The monoisotopic (exact) mass is 214 g/mol. The van der Waals surface area contributed by atoms with Gasteiger partial charge in [0.25, 0.3) is 6.47 Å². The van der Waals surface area contributed by atoms with Crippen LogP contribution in [-0.2, 0) is 16.0 Å². The van der Waals surface area contributed by atoms with Crippen molar-refractivity contribution in [3.8, 4) is 0 Å². The van der Waals surface area contributed by atoms with Crippen molar-refractivity contribution in [2.75, 3.05) is 18.5 Å². The second kappa shape index (κ2) is 5.59. The molecule has 5 heteroatoms. The Morgan fingerprint density at radius 3 is 3.07 bits per heavy atom. The van der Waals surface area contributed by atoms with Crippen molar-refractivity contribution < 1.29 is 9.53 Å². The molecule has 1 aromatic rings. The first-order valence-corrected chi connectivity index (χ1v) is 5.31. The topological polar surface area (TPSA) is 51.2 Å². The molecule has 1 rings (SSSR count). The molecule has 0 fully saturated rings. The minimum atomic E-state index is 0.418. The third-order valence-electron chi connectivity index (χ3n) is 1.86. The Labute approximate surface area is 87.4 Å². The average molecular weight is 214 g/mol. The van der Waals surface area contributed by atoms with Crippen LogP contribution in [0.2, 0.25) is 0 Å². The SMILES string of the molecule is CCNc1snc(C)c1CCOC=O. The van der Waals surface area contributed by atoms with Gasteiger partial charge in [-0.2, -0.15) is 4.37 Å². The largest absolute Gasteiger partial charge is 0.468 e. The smallest absolute Gasteiger partial charge is 0.293 e. The number of aromatic nitrogens is 1. The van der Waals surface area contributed by atoms with Crippen molar-refractivity contribution in [1.29, 1.82) is 0 Å². The van der Waals surface area contributed by atoms with E-state index in [9.17, 15) is 4.79 Å². The molecule has 0 aliphatic heterocycles. The van der Waals surface area contributed by atoms with Crippen LogP contribution in [0.5, 0.6) is 0 Å². The number of aryl methyl sites for hydroxylation is 1. The summed E-state index contributed by atoms with van der Waals surface area (Å²) in [6, 6.07) is 0. The highest BCUT2D eigenvalue weighted by Gasteiger charge is 2.09. The van der Waals surface area contributed by atoms with E-state index in [4.69, 9.17) is 0 Å². The first kappa shape index (κ1) is 11.0. The quantitative estimate of drug-likeness (QED) is 0.577. The minimum Gasteiger partial charge on any atom is -0.468 e.